The summed E-state index contributed by atoms with van der Waals surface area (Å²) in [5.41, 5.74) is 0. The van der Waals surface area contributed by atoms with Gasteiger partial charge in [-0.3, -0.25) is 0 Å². The molecule has 1 atom stereocenters. The molecule has 2 aromatic heterocycles. The molecule has 1 fully saturated rings. The van der Waals surface area contributed by atoms with Gasteiger partial charge in [0.2, 0.25) is 5.95 Å². The van der Waals surface area contributed by atoms with Crippen LogP contribution in [0.4, 0.5) is 11.8 Å². The molecule has 114 valence electrons. The molecule has 0 amide bonds. The minimum absolute atomic E-state index is 0.307. The third kappa shape index (κ3) is 3.27. The van der Waals surface area contributed by atoms with Gasteiger partial charge < -0.3 is 15.4 Å². The molecule has 0 saturated carbocycles. The number of nitrogens with zero attached hydrogens (tertiary/aromatic N) is 2. The van der Waals surface area contributed by atoms with Crippen LogP contribution in [0.5, 0.6) is 0 Å². The Kier molecular flexibility index (Phi) is 4.55. The number of nitrogens with one attached hydrogen (secondary N) is 2. The molecule has 2 aromatic rings. The summed E-state index contributed by atoms with van der Waals surface area (Å²) >= 11 is 1.75. The van der Waals surface area contributed by atoms with Crippen molar-refractivity contribution in [2.75, 3.05) is 30.3 Å². The largest absolute Gasteiger partial charge is 0.376 e. The van der Waals surface area contributed by atoms with Crippen molar-refractivity contribution in [2.24, 2.45) is 0 Å². The summed E-state index contributed by atoms with van der Waals surface area (Å²) in [6.45, 7) is 6.74. The molecule has 2 N–H and O–H groups in total. The van der Waals surface area contributed by atoms with Crippen LogP contribution in [-0.2, 0) is 11.2 Å². The molecule has 0 spiro atoms. The van der Waals surface area contributed by atoms with Crippen molar-refractivity contribution in [1.29, 1.82) is 0 Å². The molecule has 21 heavy (non-hydrogen) atoms. The topological polar surface area (TPSA) is 59.1 Å². The van der Waals surface area contributed by atoms with Gasteiger partial charge in [-0.2, -0.15) is 4.98 Å². The fraction of sp³-hybridized carbons (Fsp3) is 0.600. The molecule has 0 aromatic carbocycles. The van der Waals surface area contributed by atoms with Gasteiger partial charge in [-0.1, -0.05) is 6.92 Å². The van der Waals surface area contributed by atoms with Crippen molar-refractivity contribution in [3.05, 3.63) is 10.9 Å². The van der Waals surface area contributed by atoms with Crippen LogP contribution in [0, 0.1) is 0 Å². The molecular weight excluding hydrogens is 284 g/mol. The summed E-state index contributed by atoms with van der Waals surface area (Å²) in [6.07, 6.45) is 3.63. The van der Waals surface area contributed by atoms with Gasteiger partial charge in [-0.05, 0) is 32.3 Å². The Balaban J connectivity index is 1.87. The zero-order valence-electron chi connectivity index (χ0n) is 12.6. The minimum atomic E-state index is 0.307. The second-order valence-electron chi connectivity index (χ2n) is 5.23. The van der Waals surface area contributed by atoms with E-state index in [-0.39, 0.29) is 0 Å². The lowest BCUT2D eigenvalue weighted by Crippen LogP contribution is -2.19. The molecule has 0 bridgehead atoms. The number of rotatable bonds is 6. The van der Waals surface area contributed by atoms with E-state index in [1.807, 2.05) is 0 Å². The van der Waals surface area contributed by atoms with Crippen molar-refractivity contribution in [1.82, 2.24) is 9.97 Å². The fourth-order valence-corrected chi connectivity index (χ4v) is 3.50. The maximum Gasteiger partial charge on any atom is 0.226 e. The average molecular weight is 306 g/mol. The van der Waals surface area contributed by atoms with Crippen molar-refractivity contribution in [3.63, 3.8) is 0 Å². The van der Waals surface area contributed by atoms with E-state index in [0.29, 0.717) is 12.1 Å². The van der Waals surface area contributed by atoms with Crippen molar-refractivity contribution in [2.45, 2.75) is 39.2 Å². The Bertz CT molecular complexity index is 607. The second kappa shape index (κ2) is 6.58. The zero-order valence-corrected chi connectivity index (χ0v) is 13.4. The smallest absolute Gasteiger partial charge is 0.226 e. The highest BCUT2D eigenvalue weighted by atomic mass is 32.1. The molecule has 6 heteroatoms. The van der Waals surface area contributed by atoms with Crippen LogP contribution in [0.2, 0.25) is 0 Å². The molecule has 1 aliphatic rings. The number of thiophene rings is 1. The lowest BCUT2D eigenvalue weighted by atomic mass is 10.2. The van der Waals surface area contributed by atoms with Crippen molar-refractivity contribution in [3.8, 4) is 0 Å². The van der Waals surface area contributed by atoms with Crippen LogP contribution >= 0.6 is 11.3 Å². The number of anilines is 2. The highest BCUT2D eigenvalue weighted by molar-refractivity contribution is 7.18. The molecular formula is C15H22N4OS. The first kappa shape index (κ1) is 14.5. The summed E-state index contributed by atoms with van der Waals surface area (Å²) in [7, 11) is 0. The highest BCUT2D eigenvalue weighted by Gasteiger charge is 2.17. The lowest BCUT2D eigenvalue weighted by Gasteiger charge is -2.13. The average Bonchev–Trinajstić information content (AvgIpc) is 3.14. The molecule has 5 nitrogen and oxygen atoms in total. The summed E-state index contributed by atoms with van der Waals surface area (Å²) in [5, 5.41) is 7.79. The maximum atomic E-state index is 5.67. The third-order valence-corrected chi connectivity index (χ3v) is 4.82. The summed E-state index contributed by atoms with van der Waals surface area (Å²) in [6, 6.07) is 2.20. The normalized spacial score (nSPS) is 18.3. The summed E-state index contributed by atoms with van der Waals surface area (Å²) in [5.74, 6) is 1.62. The fourth-order valence-electron chi connectivity index (χ4n) is 2.53. The van der Waals surface area contributed by atoms with Gasteiger partial charge in [0.05, 0.1) is 11.5 Å². The van der Waals surface area contributed by atoms with Gasteiger partial charge in [-0.25, -0.2) is 4.98 Å². The van der Waals surface area contributed by atoms with Crippen LogP contribution in [0.25, 0.3) is 10.2 Å². The number of ether oxygens (including phenoxy) is 1. The van der Waals surface area contributed by atoms with Gasteiger partial charge in [0.25, 0.3) is 0 Å². The number of hydrogen-bond acceptors (Lipinski definition) is 6. The predicted octanol–water partition coefficient (Wildman–Crippen LogP) is 3.28. The zero-order chi connectivity index (χ0) is 14.7. The molecule has 1 unspecified atom stereocenters. The number of aryl methyl sites for hydroxylation is 1. The monoisotopic (exact) mass is 306 g/mol. The Labute approximate surface area is 129 Å². The molecule has 1 saturated heterocycles. The Hall–Kier alpha value is -1.40. The van der Waals surface area contributed by atoms with E-state index in [0.717, 1.165) is 55.0 Å². The van der Waals surface area contributed by atoms with Gasteiger partial charge in [0.1, 0.15) is 10.6 Å². The molecule has 0 aliphatic carbocycles. The van der Waals surface area contributed by atoms with Crippen molar-refractivity contribution >= 4 is 33.3 Å². The maximum absolute atomic E-state index is 5.67. The van der Waals surface area contributed by atoms with E-state index in [1.54, 1.807) is 11.3 Å². The predicted molar refractivity (Wildman–Crippen MR) is 88.4 cm³/mol. The quantitative estimate of drug-likeness (QED) is 0.857. The number of fused-ring (bicyclic) bond motifs is 1. The second-order valence-corrected chi connectivity index (χ2v) is 6.34. The molecule has 3 heterocycles. The van der Waals surface area contributed by atoms with Crippen LogP contribution in [0.3, 0.4) is 0 Å². The number of hydrogen-bond donors (Lipinski definition) is 2. The Morgan fingerprint density at radius 1 is 1.33 bits per heavy atom. The van der Waals surface area contributed by atoms with E-state index in [1.165, 1.54) is 4.88 Å². The first-order chi connectivity index (χ1) is 10.3. The van der Waals surface area contributed by atoms with Crippen LogP contribution in [-0.4, -0.2) is 35.8 Å². The van der Waals surface area contributed by atoms with Crippen LogP contribution < -0.4 is 10.6 Å². The Morgan fingerprint density at radius 2 is 2.24 bits per heavy atom. The van der Waals surface area contributed by atoms with E-state index in [2.05, 4.69) is 40.5 Å². The van der Waals surface area contributed by atoms with Gasteiger partial charge in [0, 0.05) is 24.6 Å². The minimum Gasteiger partial charge on any atom is -0.376 e. The molecule has 0 radical (unpaired) electrons. The third-order valence-electron chi connectivity index (χ3n) is 3.65. The first-order valence-corrected chi connectivity index (χ1v) is 8.51. The molecule has 3 rings (SSSR count). The van der Waals surface area contributed by atoms with E-state index in [4.69, 9.17) is 4.74 Å². The van der Waals surface area contributed by atoms with Gasteiger partial charge in [0.15, 0.2) is 0 Å². The van der Waals surface area contributed by atoms with Gasteiger partial charge >= 0.3 is 0 Å². The number of aromatic nitrogens is 2. The lowest BCUT2D eigenvalue weighted by molar-refractivity contribution is 0.120. The van der Waals surface area contributed by atoms with E-state index in [9.17, 15) is 0 Å². The van der Waals surface area contributed by atoms with Crippen molar-refractivity contribution < 1.29 is 4.74 Å². The first-order valence-electron chi connectivity index (χ1n) is 7.70. The Morgan fingerprint density at radius 3 is 2.95 bits per heavy atom. The van der Waals surface area contributed by atoms with E-state index < -0.39 is 0 Å². The van der Waals surface area contributed by atoms with Gasteiger partial charge in [-0.15, -0.1) is 11.3 Å². The van der Waals surface area contributed by atoms with Crippen LogP contribution in [0.1, 0.15) is 31.6 Å². The SMILES string of the molecule is CCNc1nc(NCC2CCCO2)c2cc(CC)sc2n1. The highest BCUT2D eigenvalue weighted by Crippen LogP contribution is 2.30. The summed E-state index contributed by atoms with van der Waals surface area (Å²) in [4.78, 5) is 11.6. The van der Waals surface area contributed by atoms with E-state index >= 15 is 0 Å². The molecule has 1 aliphatic heterocycles. The summed E-state index contributed by atoms with van der Waals surface area (Å²) < 4.78 is 5.67. The van der Waals surface area contributed by atoms with Crippen LogP contribution in [0.15, 0.2) is 6.07 Å². The standard InChI is InChI=1S/C15H22N4OS/c1-3-11-8-12-13(17-9-10-6-5-7-20-10)18-15(16-4-2)19-14(12)21-11/h8,10H,3-7,9H2,1-2H3,(H2,16,17,18,19).